The normalized spacial score (nSPS) is 21.0. The van der Waals surface area contributed by atoms with Crippen LogP contribution in [0.3, 0.4) is 0 Å². The molecule has 1 saturated carbocycles. The summed E-state index contributed by atoms with van der Waals surface area (Å²) in [4.78, 5) is 14.3. The third kappa shape index (κ3) is 3.85. The van der Waals surface area contributed by atoms with Crippen LogP contribution in [0.15, 0.2) is 4.42 Å². The largest absolute Gasteiger partial charge is 0.424 e. The molecule has 1 aromatic heterocycles. The molecule has 1 aliphatic heterocycles. The van der Waals surface area contributed by atoms with E-state index in [2.05, 4.69) is 20.4 Å². The number of hydrogen-bond donors (Lipinski definition) is 1. The molecule has 3 rings (SSSR count). The van der Waals surface area contributed by atoms with E-state index in [1.807, 2.05) is 20.8 Å². The molecule has 0 aromatic carbocycles. The first-order valence-corrected chi connectivity index (χ1v) is 8.27. The van der Waals surface area contributed by atoms with Crippen LogP contribution in [-0.2, 0) is 11.3 Å². The Morgan fingerprint density at radius 2 is 1.91 bits per heavy atom. The summed E-state index contributed by atoms with van der Waals surface area (Å²) < 4.78 is 5.71. The van der Waals surface area contributed by atoms with Crippen molar-refractivity contribution in [3.8, 4) is 0 Å². The van der Waals surface area contributed by atoms with Gasteiger partial charge in [-0.15, -0.1) is 10.2 Å². The number of rotatable bonds is 4. The third-order valence-electron chi connectivity index (χ3n) is 4.37. The van der Waals surface area contributed by atoms with Crippen molar-refractivity contribution in [2.75, 3.05) is 13.1 Å². The highest BCUT2D eigenvalue weighted by molar-refractivity contribution is 5.81. The van der Waals surface area contributed by atoms with E-state index in [0.29, 0.717) is 5.92 Å². The molecule has 0 spiro atoms. The number of aromatic nitrogens is 2. The maximum atomic E-state index is 12.0. The maximum Gasteiger partial charge on any atom is 0.230 e. The predicted octanol–water partition coefficient (Wildman–Crippen LogP) is 2.07. The van der Waals surface area contributed by atoms with Crippen molar-refractivity contribution in [1.29, 1.82) is 0 Å². The second-order valence-electron chi connectivity index (χ2n) is 7.58. The molecular weight excluding hydrogens is 280 g/mol. The Hall–Kier alpha value is -1.43. The van der Waals surface area contributed by atoms with Crippen LogP contribution >= 0.6 is 0 Å². The van der Waals surface area contributed by atoms with Gasteiger partial charge >= 0.3 is 0 Å². The van der Waals surface area contributed by atoms with Crippen LogP contribution in [-0.4, -0.2) is 40.1 Å². The van der Waals surface area contributed by atoms with Crippen molar-refractivity contribution in [2.24, 2.45) is 5.41 Å². The maximum absolute atomic E-state index is 12.0. The topological polar surface area (TPSA) is 71.3 Å². The number of carbonyl (C=O) groups is 1. The monoisotopic (exact) mass is 306 g/mol. The summed E-state index contributed by atoms with van der Waals surface area (Å²) in [5.41, 5.74) is -0.319. The van der Waals surface area contributed by atoms with E-state index in [4.69, 9.17) is 4.42 Å². The molecule has 6 heteroatoms. The summed E-state index contributed by atoms with van der Waals surface area (Å²) in [7, 11) is 0. The molecule has 1 N–H and O–H groups in total. The summed E-state index contributed by atoms with van der Waals surface area (Å²) in [5, 5.41) is 11.4. The Kier molecular flexibility index (Phi) is 4.21. The molecule has 1 saturated heterocycles. The second-order valence-corrected chi connectivity index (χ2v) is 7.58. The Morgan fingerprint density at radius 1 is 1.23 bits per heavy atom. The van der Waals surface area contributed by atoms with Crippen molar-refractivity contribution < 1.29 is 9.21 Å². The Bertz CT molecular complexity index is 522. The van der Waals surface area contributed by atoms with E-state index in [9.17, 15) is 4.79 Å². The van der Waals surface area contributed by atoms with Gasteiger partial charge in [0.1, 0.15) is 0 Å². The van der Waals surface area contributed by atoms with Crippen molar-refractivity contribution in [1.82, 2.24) is 20.4 Å². The molecule has 22 heavy (non-hydrogen) atoms. The molecule has 1 aromatic rings. The SMILES string of the molecule is CC(C)(C)C(=O)NC1CCN(Cc2nnc(C3CC3)o2)CC1. The first-order chi connectivity index (χ1) is 10.4. The van der Waals surface area contributed by atoms with Crippen LogP contribution in [0, 0.1) is 5.41 Å². The molecule has 2 fully saturated rings. The summed E-state index contributed by atoms with van der Waals surface area (Å²) in [6.07, 6.45) is 4.32. The molecule has 1 aliphatic carbocycles. The molecule has 2 aliphatic rings. The molecule has 2 heterocycles. The molecule has 1 amide bonds. The van der Waals surface area contributed by atoms with Gasteiger partial charge in [-0.1, -0.05) is 20.8 Å². The smallest absolute Gasteiger partial charge is 0.230 e. The van der Waals surface area contributed by atoms with Crippen LogP contribution in [0.4, 0.5) is 0 Å². The number of amides is 1. The number of nitrogens with zero attached hydrogens (tertiary/aromatic N) is 3. The molecule has 0 unspecified atom stereocenters. The number of likely N-dealkylation sites (tertiary alicyclic amines) is 1. The van der Waals surface area contributed by atoms with Gasteiger partial charge in [-0.25, -0.2) is 0 Å². The number of carbonyl (C=O) groups excluding carboxylic acids is 1. The number of hydrogen-bond acceptors (Lipinski definition) is 5. The molecule has 6 nitrogen and oxygen atoms in total. The molecular formula is C16H26N4O2. The van der Waals surface area contributed by atoms with Gasteiger partial charge in [-0.3, -0.25) is 9.69 Å². The van der Waals surface area contributed by atoms with Gasteiger partial charge in [-0.2, -0.15) is 0 Å². The van der Waals surface area contributed by atoms with E-state index in [0.717, 1.165) is 44.3 Å². The van der Waals surface area contributed by atoms with Crippen LogP contribution in [0.25, 0.3) is 0 Å². The average Bonchev–Trinajstić information content (AvgIpc) is 3.21. The van der Waals surface area contributed by atoms with Crippen molar-refractivity contribution >= 4 is 5.91 Å². The number of piperidine rings is 1. The Balaban J connectivity index is 1.44. The molecule has 0 bridgehead atoms. The number of nitrogens with one attached hydrogen (secondary N) is 1. The minimum absolute atomic E-state index is 0.136. The summed E-state index contributed by atoms with van der Waals surface area (Å²) in [6.45, 7) is 8.48. The van der Waals surface area contributed by atoms with E-state index in [1.165, 1.54) is 12.8 Å². The van der Waals surface area contributed by atoms with Gasteiger partial charge in [0.05, 0.1) is 6.54 Å². The first kappa shape index (κ1) is 15.5. The van der Waals surface area contributed by atoms with Gasteiger partial charge < -0.3 is 9.73 Å². The summed E-state index contributed by atoms with van der Waals surface area (Å²) in [5.74, 6) is 2.18. The van der Waals surface area contributed by atoms with E-state index in [-0.39, 0.29) is 17.4 Å². The molecule has 122 valence electrons. The van der Waals surface area contributed by atoms with Crippen LogP contribution in [0.5, 0.6) is 0 Å². The lowest BCUT2D eigenvalue weighted by Crippen LogP contribution is -2.47. The quantitative estimate of drug-likeness (QED) is 0.922. The fourth-order valence-electron chi connectivity index (χ4n) is 2.65. The fraction of sp³-hybridized carbons (Fsp3) is 0.812. The summed E-state index contributed by atoms with van der Waals surface area (Å²) in [6, 6.07) is 0.285. The standard InChI is InChI=1S/C16H26N4O2/c1-16(2,3)15(21)17-12-6-8-20(9-7-12)10-13-18-19-14(22-13)11-4-5-11/h11-12H,4-10H2,1-3H3,(H,17,21). The lowest BCUT2D eigenvalue weighted by atomic mass is 9.94. The highest BCUT2D eigenvalue weighted by Gasteiger charge is 2.30. The predicted molar refractivity (Wildman–Crippen MR) is 82.2 cm³/mol. The molecule has 0 atom stereocenters. The Labute approximate surface area is 131 Å². The van der Waals surface area contributed by atoms with Crippen molar-refractivity contribution in [3.05, 3.63) is 11.8 Å². The van der Waals surface area contributed by atoms with Gasteiger partial charge in [0, 0.05) is 30.5 Å². The highest BCUT2D eigenvalue weighted by Crippen LogP contribution is 2.39. The van der Waals surface area contributed by atoms with Crippen LogP contribution in [0.1, 0.15) is 64.2 Å². The second kappa shape index (κ2) is 5.99. The zero-order chi connectivity index (χ0) is 15.7. The van der Waals surface area contributed by atoms with Gasteiger partial charge in [0.15, 0.2) is 0 Å². The van der Waals surface area contributed by atoms with Crippen LogP contribution < -0.4 is 5.32 Å². The zero-order valence-corrected chi connectivity index (χ0v) is 13.8. The fourth-order valence-corrected chi connectivity index (χ4v) is 2.65. The summed E-state index contributed by atoms with van der Waals surface area (Å²) >= 11 is 0. The van der Waals surface area contributed by atoms with Gasteiger partial charge in [-0.05, 0) is 25.7 Å². The highest BCUT2D eigenvalue weighted by atomic mass is 16.4. The average molecular weight is 306 g/mol. The van der Waals surface area contributed by atoms with Gasteiger partial charge in [0.2, 0.25) is 17.7 Å². The van der Waals surface area contributed by atoms with E-state index < -0.39 is 0 Å². The van der Waals surface area contributed by atoms with E-state index >= 15 is 0 Å². The van der Waals surface area contributed by atoms with Gasteiger partial charge in [0.25, 0.3) is 0 Å². The lowest BCUT2D eigenvalue weighted by Gasteiger charge is -2.32. The lowest BCUT2D eigenvalue weighted by molar-refractivity contribution is -0.129. The third-order valence-corrected chi connectivity index (χ3v) is 4.37. The van der Waals surface area contributed by atoms with E-state index in [1.54, 1.807) is 0 Å². The molecule has 0 radical (unpaired) electrons. The minimum Gasteiger partial charge on any atom is -0.424 e. The minimum atomic E-state index is -0.319. The first-order valence-electron chi connectivity index (χ1n) is 8.27. The Morgan fingerprint density at radius 3 is 2.50 bits per heavy atom. The van der Waals surface area contributed by atoms with Crippen molar-refractivity contribution in [3.63, 3.8) is 0 Å². The zero-order valence-electron chi connectivity index (χ0n) is 13.8. The van der Waals surface area contributed by atoms with Crippen LogP contribution in [0.2, 0.25) is 0 Å². The van der Waals surface area contributed by atoms with Crippen molar-refractivity contribution in [2.45, 2.75) is 65.0 Å².